The molecule has 0 radical (unpaired) electrons. The first-order chi connectivity index (χ1) is 6.56. The van der Waals surface area contributed by atoms with E-state index in [1.807, 2.05) is 13.8 Å². The zero-order valence-corrected chi connectivity index (χ0v) is 8.48. The molecule has 4 nitrogen and oxygen atoms in total. The SMILES string of the molecule is COC(=O)c1ccn(C(C)C)c(=O)c1. The van der Waals surface area contributed by atoms with Gasteiger partial charge in [-0.25, -0.2) is 4.79 Å². The van der Waals surface area contributed by atoms with Gasteiger partial charge < -0.3 is 9.30 Å². The highest BCUT2D eigenvalue weighted by Crippen LogP contribution is 2.02. The van der Waals surface area contributed by atoms with Gasteiger partial charge in [-0.2, -0.15) is 0 Å². The fourth-order valence-corrected chi connectivity index (χ4v) is 1.16. The Balaban J connectivity index is 3.13. The molecule has 0 N–H and O–H groups in total. The lowest BCUT2D eigenvalue weighted by Crippen LogP contribution is -2.22. The summed E-state index contributed by atoms with van der Waals surface area (Å²) >= 11 is 0. The second kappa shape index (κ2) is 4.09. The number of methoxy groups -OCH3 is 1. The lowest BCUT2D eigenvalue weighted by atomic mass is 10.2. The number of ether oxygens (including phenoxy) is 1. The van der Waals surface area contributed by atoms with Gasteiger partial charge in [-0.05, 0) is 19.9 Å². The highest BCUT2D eigenvalue weighted by molar-refractivity contribution is 5.88. The van der Waals surface area contributed by atoms with Gasteiger partial charge in [0.1, 0.15) is 0 Å². The first kappa shape index (κ1) is 10.5. The molecule has 0 saturated heterocycles. The Labute approximate surface area is 82.1 Å². The van der Waals surface area contributed by atoms with E-state index in [0.717, 1.165) is 0 Å². The Morgan fingerprint density at radius 1 is 1.50 bits per heavy atom. The van der Waals surface area contributed by atoms with Crippen molar-refractivity contribution in [3.63, 3.8) is 0 Å². The van der Waals surface area contributed by atoms with E-state index >= 15 is 0 Å². The third-order valence-electron chi connectivity index (χ3n) is 1.93. The smallest absolute Gasteiger partial charge is 0.338 e. The molecule has 0 amide bonds. The second-order valence-electron chi connectivity index (χ2n) is 3.25. The normalized spacial score (nSPS) is 10.3. The van der Waals surface area contributed by atoms with Crippen LogP contribution < -0.4 is 5.56 Å². The second-order valence-corrected chi connectivity index (χ2v) is 3.25. The van der Waals surface area contributed by atoms with Crippen LogP contribution in [0.15, 0.2) is 23.1 Å². The van der Waals surface area contributed by atoms with Crippen molar-refractivity contribution in [3.8, 4) is 0 Å². The molecule has 0 fully saturated rings. The Bertz CT molecular complexity index is 393. The van der Waals surface area contributed by atoms with Crippen LogP contribution in [0.1, 0.15) is 30.2 Å². The molecule has 1 rings (SSSR count). The maximum absolute atomic E-state index is 11.5. The summed E-state index contributed by atoms with van der Waals surface area (Å²) in [5, 5.41) is 0. The van der Waals surface area contributed by atoms with Crippen LogP contribution in [0.4, 0.5) is 0 Å². The fraction of sp³-hybridized carbons (Fsp3) is 0.400. The van der Waals surface area contributed by atoms with Gasteiger partial charge in [-0.15, -0.1) is 0 Å². The maximum atomic E-state index is 11.5. The maximum Gasteiger partial charge on any atom is 0.338 e. The van der Waals surface area contributed by atoms with Gasteiger partial charge in [0.2, 0.25) is 0 Å². The molecule has 0 aliphatic carbocycles. The van der Waals surface area contributed by atoms with E-state index < -0.39 is 5.97 Å². The topological polar surface area (TPSA) is 48.3 Å². The molecule has 0 spiro atoms. The van der Waals surface area contributed by atoms with Crippen molar-refractivity contribution in [2.24, 2.45) is 0 Å². The van der Waals surface area contributed by atoms with E-state index in [2.05, 4.69) is 4.74 Å². The molecular formula is C10H13NO3. The van der Waals surface area contributed by atoms with Gasteiger partial charge in [-0.1, -0.05) is 0 Å². The van der Waals surface area contributed by atoms with E-state index in [0.29, 0.717) is 0 Å². The van der Waals surface area contributed by atoms with Crippen LogP contribution in [-0.2, 0) is 4.74 Å². The molecule has 4 heteroatoms. The van der Waals surface area contributed by atoms with E-state index in [4.69, 9.17) is 0 Å². The summed E-state index contributed by atoms with van der Waals surface area (Å²) in [7, 11) is 1.29. The third kappa shape index (κ3) is 2.02. The van der Waals surface area contributed by atoms with E-state index in [1.165, 1.54) is 13.2 Å². The Hall–Kier alpha value is -1.58. The summed E-state index contributed by atoms with van der Waals surface area (Å²) in [6.07, 6.45) is 1.60. The molecule has 1 heterocycles. The highest BCUT2D eigenvalue weighted by Gasteiger charge is 2.07. The fourth-order valence-electron chi connectivity index (χ4n) is 1.16. The largest absolute Gasteiger partial charge is 0.465 e. The van der Waals surface area contributed by atoms with Crippen LogP contribution in [0.3, 0.4) is 0 Å². The first-order valence-electron chi connectivity index (χ1n) is 4.36. The van der Waals surface area contributed by atoms with Crippen molar-refractivity contribution in [1.29, 1.82) is 0 Å². The summed E-state index contributed by atoms with van der Waals surface area (Å²) in [6, 6.07) is 2.95. The Morgan fingerprint density at radius 2 is 2.14 bits per heavy atom. The number of carbonyl (C=O) groups excluding carboxylic acids is 1. The molecule has 1 aromatic heterocycles. The zero-order chi connectivity index (χ0) is 10.7. The number of hydrogen-bond donors (Lipinski definition) is 0. The number of aromatic nitrogens is 1. The zero-order valence-electron chi connectivity index (χ0n) is 8.48. The molecule has 76 valence electrons. The van der Waals surface area contributed by atoms with Gasteiger partial charge in [0, 0.05) is 18.3 Å². The predicted octanol–water partition coefficient (Wildman–Crippen LogP) is 1.22. The van der Waals surface area contributed by atoms with Crippen LogP contribution in [-0.4, -0.2) is 17.6 Å². The minimum Gasteiger partial charge on any atom is -0.465 e. The van der Waals surface area contributed by atoms with Gasteiger partial charge in [-0.3, -0.25) is 4.79 Å². The summed E-state index contributed by atoms with van der Waals surface area (Å²) < 4.78 is 6.05. The van der Waals surface area contributed by atoms with E-state index in [1.54, 1.807) is 16.8 Å². The van der Waals surface area contributed by atoms with Gasteiger partial charge in [0.05, 0.1) is 12.7 Å². The number of nitrogens with zero attached hydrogens (tertiary/aromatic N) is 1. The van der Waals surface area contributed by atoms with Gasteiger partial charge in [0.15, 0.2) is 0 Å². The molecule has 0 unspecified atom stereocenters. The summed E-state index contributed by atoms with van der Waals surface area (Å²) in [5.41, 5.74) is 0.0947. The molecule has 0 aromatic carbocycles. The lowest BCUT2D eigenvalue weighted by molar-refractivity contribution is 0.0600. The number of rotatable bonds is 2. The monoisotopic (exact) mass is 195 g/mol. The van der Waals surface area contributed by atoms with Crippen molar-refractivity contribution >= 4 is 5.97 Å². The summed E-state index contributed by atoms with van der Waals surface area (Å²) in [6.45, 7) is 3.80. The Kier molecular flexibility index (Phi) is 3.06. The minimum atomic E-state index is -0.488. The van der Waals surface area contributed by atoms with Crippen LogP contribution in [0.2, 0.25) is 0 Å². The average Bonchev–Trinajstić information content (AvgIpc) is 2.15. The molecule has 0 saturated carbocycles. The molecule has 0 atom stereocenters. The number of hydrogen-bond acceptors (Lipinski definition) is 3. The number of esters is 1. The first-order valence-corrected chi connectivity index (χ1v) is 4.36. The van der Waals surface area contributed by atoms with Gasteiger partial charge >= 0.3 is 5.97 Å². The van der Waals surface area contributed by atoms with E-state index in [9.17, 15) is 9.59 Å². The standard InChI is InChI=1S/C10H13NO3/c1-7(2)11-5-4-8(6-9(11)12)10(13)14-3/h4-7H,1-3H3. The molecule has 14 heavy (non-hydrogen) atoms. The summed E-state index contributed by atoms with van der Waals surface area (Å²) in [4.78, 5) is 22.5. The van der Waals surface area contributed by atoms with Gasteiger partial charge in [0.25, 0.3) is 5.56 Å². The Morgan fingerprint density at radius 3 is 2.57 bits per heavy atom. The van der Waals surface area contributed by atoms with Crippen molar-refractivity contribution < 1.29 is 9.53 Å². The number of carbonyl (C=O) groups is 1. The minimum absolute atomic E-state index is 0.0918. The molecule has 1 aromatic rings. The van der Waals surface area contributed by atoms with E-state index in [-0.39, 0.29) is 17.2 Å². The average molecular weight is 195 g/mol. The molecule has 0 aliphatic heterocycles. The third-order valence-corrected chi connectivity index (χ3v) is 1.93. The molecule has 0 aliphatic rings. The molecular weight excluding hydrogens is 182 g/mol. The molecule has 0 bridgehead atoms. The van der Waals surface area contributed by atoms with Crippen molar-refractivity contribution in [2.45, 2.75) is 19.9 Å². The van der Waals surface area contributed by atoms with Crippen LogP contribution in [0.5, 0.6) is 0 Å². The van der Waals surface area contributed by atoms with Crippen LogP contribution >= 0.6 is 0 Å². The van der Waals surface area contributed by atoms with Crippen molar-refractivity contribution in [2.75, 3.05) is 7.11 Å². The van der Waals surface area contributed by atoms with Crippen molar-refractivity contribution in [1.82, 2.24) is 4.57 Å². The van der Waals surface area contributed by atoms with Crippen LogP contribution in [0, 0.1) is 0 Å². The highest BCUT2D eigenvalue weighted by atomic mass is 16.5. The quantitative estimate of drug-likeness (QED) is 0.666. The van der Waals surface area contributed by atoms with Crippen LogP contribution in [0.25, 0.3) is 0 Å². The predicted molar refractivity (Wildman–Crippen MR) is 52.4 cm³/mol. The lowest BCUT2D eigenvalue weighted by Gasteiger charge is -2.09. The number of pyridine rings is 1. The van der Waals surface area contributed by atoms with Crippen molar-refractivity contribution in [3.05, 3.63) is 34.2 Å². The summed E-state index contributed by atoms with van der Waals surface area (Å²) in [5.74, 6) is -0.488.